The number of hydrogen-bond acceptors (Lipinski definition) is 3. The molecule has 2 N–H and O–H groups in total. The number of hydrogen-bond donors (Lipinski definition) is 1. The predicted octanol–water partition coefficient (Wildman–Crippen LogP) is 1.23. The van der Waals surface area contributed by atoms with Crippen LogP contribution in [0.4, 0.5) is 4.39 Å². The number of halogens is 1. The lowest BCUT2D eigenvalue weighted by Crippen LogP contribution is -2.59. The molecule has 0 bridgehead atoms. The Morgan fingerprint density at radius 3 is 2.35 bits per heavy atom. The molecule has 0 aromatic rings. The number of piperazine rings is 1. The lowest BCUT2D eigenvalue weighted by atomic mass is 9.88. The van der Waals surface area contributed by atoms with Gasteiger partial charge in [0, 0.05) is 38.3 Å². The van der Waals surface area contributed by atoms with Gasteiger partial charge in [0.15, 0.2) is 0 Å². The number of nitrogens with zero attached hydrogens (tertiary/aromatic N) is 2. The molecule has 1 unspecified atom stereocenters. The van der Waals surface area contributed by atoms with E-state index < -0.39 is 6.17 Å². The summed E-state index contributed by atoms with van der Waals surface area (Å²) in [6, 6.07) is 0.619. The van der Waals surface area contributed by atoms with Gasteiger partial charge in [-0.2, -0.15) is 0 Å². The summed E-state index contributed by atoms with van der Waals surface area (Å²) in [6.07, 6.45) is 1.92. The zero-order valence-electron chi connectivity index (χ0n) is 11.1. The van der Waals surface area contributed by atoms with Crippen molar-refractivity contribution in [3.8, 4) is 0 Å². The van der Waals surface area contributed by atoms with Crippen molar-refractivity contribution >= 4 is 0 Å². The van der Waals surface area contributed by atoms with Crippen molar-refractivity contribution in [1.82, 2.24) is 9.80 Å². The summed E-state index contributed by atoms with van der Waals surface area (Å²) in [7, 11) is 0. The van der Waals surface area contributed by atoms with Gasteiger partial charge in [0.05, 0.1) is 6.04 Å². The van der Waals surface area contributed by atoms with Gasteiger partial charge in [0.1, 0.15) is 6.17 Å². The molecule has 1 saturated heterocycles. The van der Waals surface area contributed by atoms with Gasteiger partial charge in [-0.25, -0.2) is 4.39 Å². The molecule has 2 aliphatic rings. The molecule has 2 fully saturated rings. The van der Waals surface area contributed by atoms with Crippen molar-refractivity contribution in [3.05, 3.63) is 0 Å². The van der Waals surface area contributed by atoms with Crippen LogP contribution in [0.15, 0.2) is 0 Å². The minimum atomic E-state index is -0.795. The molecule has 17 heavy (non-hydrogen) atoms. The molecule has 0 radical (unpaired) electrons. The molecular weight excluding hydrogens is 217 g/mol. The number of alkyl halides is 1. The molecule has 4 heteroatoms. The van der Waals surface area contributed by atoms with Crippen molar-refractivity contribution in [1.29, 1.82) is 0 Å². The lowest BCUT2D eigenvalue weighted by Gasteiger charge is -2.44. The second kappa shape index (κ2) is 5.63. The van der Waals surface area contributed by atoms with Gasteiger partial charge in [0.2, 0.25) is 0 Å². The van der Waals surface area contributed by atoms with Crippen molar-refractivity contribution < 1.29 is 4.39 Å². The molecule has 2 rings (SSSR count). The first-order valence-corrected chi connectivity index (χ1v) is 6.97. The maximum atomic E-state index is 13.6. The summed E-state index contributed by atoms with van der Waals surface area (Å²) in [5, 5.41) is 0. The number of rotatable bonds is 2. The van der Waals surface area contributed by atoms with Crippen molar-refractivity contribution in [2.45, 2.75) is 57.4 Å². The first-order valence-electron chi connectivity index (χ1n) is 6.97. The first-order chi connectivity index (χ1) is 8.09. The molecule has 3 nitrogen and oxygen atoms in total. The standard InChI is InChI=1S/C13H26FN3/c1-10(2)16-6-8-17(9-7-16)12-5-3-4-11(14)13(12)15/h10-13H,3-9,15H2,1-2H3/t11-,12?,13-/m0/s1. The predicted molar refractivity (Wildman–Crippen MR) is 68.8 cm³/mol. The van der Waals surface area contributed by atoms with Crippen LogP contribution in [0.2, 0.25) is 0 Å². The summed E-state index contributed by atoms with van der Waals surface area (Å²) in [4.78, 5) is 4.90. The highest BCUT2D eigenvalue weighted by atomic mass is 19.1. The van der Waals surface area contributed by atoms with Crippen molar-refractivity contribution in [3.63, 3.8) is 0 Å². The average molecular weight is 243 g/mol. The Morgan fingerprint density at radius 1 is 1.12 bits per heavy atom. The third-order valence-electron chi connectivity index (χ3n) is 4.39. The van der Waals surface area contributed by atoms with Gasteiger partial charge in [-0.1, -0.05) is 0 Å². The Hall–Kier alpha value is -0.190. The molecule has 1 aliphatic carbocycles. The van der Waals surface area contributed by atoms with Gasteiger partial charge in [-0.15, -0.1) is 0 Å². The fourth-order valence-corrected chi connectivity index (χ4v) is 3.16. The molecule has 1 heterocycles. The van der Waals surface area contributed by atoms with Crippen LogP contribution < -0.4 is 5.73 Å². The van der Waals surface area contributed by atoms with Crippen LogP contribution in [0.1, 0.15) is 33.1 Å². The highest BCUT2D eigenvalue weighted by Crippen LogP contribution is 2.25. The minimum absolute atomic E-state index is 0.269. The first kappa shape index (κ1) is 13.2. The molecule has 0 amide bonds. The Bertz CT molecular complexity index is 239. The monoisotopic (exact) mass is 243 g/mol. The largest absolute Gasteiger partial charge is 0.324 e. The molecule has 3 atom stereocenters. The molecule has 0 aromatic heterocycles. The normalized spacial score (nSPS) is 37.6. The highest BCUT2D eigenvalue weighted by molar-refractivity contribution is 4.93. The third-order valence-corrected chi connectivity index (χ3v) is 4.39. The van der Waals surface area contributed by atoms with E-state index >= 15 is 0 Å². The van der Waals surface area contributed by atoms with Crippen LogP contribution in [0.25, 0.3) is 0 Å². The zero-order chi connectivity index (χ0) is 12.4. The van der Waals surface area contributed by atoms with Crippen LogP contribution in [-0.2, 0) is 0 Å². The van der Waals surface area contributed by atoms with Crippen LogP contribution in [0.5, 0.6) is 0 Å². The van der Waals surface area contributed by atoms with Gasteiger partial charge in [-0.05, 0) is 33.1 Å². The summed E-state index contributed by atoms with van der Waals surface area (Å²) < 4.78 is 13.6. The fourth-order valence-electron chi connectivity index (χ4n) is 3.16. The SMILES string of the molecule is CC(C)N1CCN(C2CCC[C@H](F)[C@@H]2N)CC1. The van der Waals surface area contributed by atoms with Crippen molar-refractivity contribution in [2.75, 3.05) is 26.2 Å². The molecule has 0 aromatic carbocycles. The maximum Gasteiger partial charge on any atom is 0.117 e. The van der Waals surface area contributed by atoms with E-state index in [1.54, 1.807) is 0 Å². The smallest absolute Gasteiger partial charge is 0.117 e. The average Bonchev–Trinajstić information content (AvgIpc) is 2.33. The van der Waals surface area contributed by atoms with Gasteiger partial charge in [-0.3, -0.25) is 9.80 Å². The second-order valence-electron chi connectivity index (χ2n) is 5.76. The van der Waals surface area contributed by atoms with E-state index in [0.717, 1.165) is 39.0 Å². The summed E-state index contributed by atoms with van der Waals surface area (Å²) in [5.41, 5.74) is 6.02. The number of nitrogens with two attached hydrogens (primary N) is 1. The Kier molecular flexibility index (Phi) is 4.39. The molecule has 0 spiro atoms. The third kappa shape index (κ3) is 2.98. The van der Waals surface area contributed by atoms with E-state index in [-0.39, 0.29) is 12.1 Å². The van der Waals surface area contributed by atoms with E-state index in [0.29, 0.717) is 12.5 Å². The van der Waals surface area contributed by atoms with E-state index in [1.807, 2.05) is 0 Å². The van der Waals surface area contributed by atoms with Gasteiger partial charge < -0.3 is 5.73 Å². The Morgan fingerprint density at radius 2 is 1.76 bits per heavy atom. The quantitative estimate of drug-likeness (QED) is 0.792. The van der Waals surface area contributed by atoms with Gasteiger partial charge in [0.25, 0.3) is 0 Å². The Labute approximate surface area is 104 Å². The van der Waals surface area contributed by atoms with Crippen LogP contribution in [0, 0.1) is 0 Å². The zero-order valence-corrected chi connectivity index (χ0v) is 11.1. The molecule has 1 aliphatic heterocycles. The Balaban J connectivity index is 1.87. The van der Waals surface area contributed by atoms with E-state index in [1.165, 1.54) is 0 Å². The van der Waals surface area contributed by atoms with E-state index in [2.05, 4.69) is 23.6 Å². The maximum absolute atomic E-state index is 13.6. The van der Waals surface area contributed by atoms with Crippen LogP contribution in [0.3, 0.4) is 0 Å². The lowest BCUT2D eigenvalue weighted by molar-refractivity contribution is 0.0359. The molecule has 1 saturated carbocycles. The van der Waals surface area contributed by atoms with Crippen LogP contribution >= 0.6 is 0 Å². The summed E-state index contributed by atoms with van der Waals surface area (Å²) >= 11 is 0. The van der Waals surface area contributed by atoms with E-state index in [4.69, 9.17) is 5.73 Å². The summed E-state index contributed by atoms with van der Waals surface area (Å²) in [5.74, 6) is 0. The highest BCUT2D eigenvalue weighted by Gasteiger charge is 2.35. The second-order valence-corrected chi connectivity index (χ2v) is 5.76. The van der Waals surface area contributed by atoms with Gasteiger partial charge >= 0.3 is 0 Å². The summed E-state index contributed by atoms with van der Waals surface area (Å²) in [6.45, 7) is 8.75. The minimum Gasteiger partial charge on any atom is -0.324 e. The molecular formula is C13H26FN3. The molecule has 100 valence electrons. The van der Waals surface area contributed by atoms with Crippen molar-refractivity contribution in [2.24, 2.45) is 5.73 Å². The van der Waals surface area contributed by atoms with Crippen LogP contribution in [-0.4, -0.2) is 60.3 Å². The fraction of sp³-hybridized carbons (Fsp3) is 1.00. The van der Waals surface area contributed by atoms with E-state index in [9.17, 15) is 4.39 Å². The topological polar surface area (TPSA) is 32.5 Å².